The molecule has 0 amide bonds. The van der Waals surface area contributed by atoms with Gasteiger partial charge in [0.25, 0.3) is 0 Å². The van der Waals surface area contributed by atoms with Gasteiger partial charge in [0.15, 0.2) is 11.7 Å². The van der Waals surface area contributed by atoms with Gasteiger partial charge in [-0.3, -0.25) is 19.2 Å². The van der Waals surface area contributed by atoms with Crippen molar-refractivity contribution in [1.29, 1.82) is 0 Å². The van der Waals surface area contributed by atoms with Crippen LogP contribution in [0.15, 0.2) is 36.0 Å². The highest BCUT2D eigenvalue weighted by atomic mass is 16.6. The molecule has 0 spiro atoms. The van der Waals surface area contributed by atoms with Gasteiger partial charge in [0.05, 0.1) is 17.9 Å². The number of hydrogen-bond donors (Lipinski definition) is 2. The largest absolute Gasteiger partial charge is 0.462 e. The molecule has 8 unspecified atom stereocenters. The monoisotopic (exact) mass is 506 g/mol. The van der Waals surface area contributed by atoms with E-state index in [1.165, 1.54) is 39.8 Å². The molecule has 0 aromatic heterocycles. The number of carbonyl (C=O) groups excluding carboxylic acids is 4. The van der Waals surface area contributed by atoms with Crippen LogP contribution in [0.2, 0.25) is 0 Å². The SMILES string of the molecule is C=C1CCC(OC(C)=O)C2(C)C(OC(C)=O)C=CC(CO)=CC3OC(=O)C(C)C3(O)C(OC(C)=O)C12. The van der Waals surface area contributed by atoms with Crippen LogP contribution in [-0.4, -0.2) is 70.7 Å². The minimum Gasteiger partial charge on any atom is -0.462 e. The number of aliphatic hydroxyl groups excluding tert-OH is 1. The molecule has 10 nitrogen and oxygen atoms in total. The molecule has 8 atom stereocenters. The summed E-state index contributed by atoms with van der Waals surface area (Å²) >= 11 is 0. The summed E-state index contributed by atoms with van der Waals surface area (Å²) in [7, 11) is 0. The van der Waals surface area contributed by atoms with Crippen LogP contribution in [0.3, 0.4) is 0 Å². The lowest BCUT2D eigenvalue weighted by Crippen LogP contribution is -2.65. The smallest absolute Gasteiger partial charge is 0.312 e. The van der Waals surface area contributed by atoms with E-state index in [4.69, 9.17) is 18.9 Å². The fourth-order valence-electron chi connectivity index (χ4n) is 5.77. The number of aliphatic hydroxyl groups is 2. The van der Waals surface area contributed by atoms with Gasteiger partial charge in [0, 0.05) is 26.7 Å². The first-order valence-corrected chi connectivity index (χ1v) is 11.9. The normalized spacial score (nSPS) is 38.1. The van der Waals surface area contributed by atoms with Crippen molar-refractivity contribution in [3.63, 3.8) is 0 Å². The van der Waals surface area contributed by atoms with E-state index in [2.05, 4.69) is 6.58 Å². The van der Waals surface area contributed by atoms with E-state index in [1.807, 2.05) is 0 Å². The molecule has 0 bridgehead atoms. The van der Waals surface area contributed by atoms with Gasteiger partial charge >= 0.3 is 23.9 Å². The third kappa shape index (κ3) is 4.71. The molecule has 0 radical (unpaired) electrons. The summed E-state index contributed by atoms with van der Waals surface area (Å²) in [4.78, 5) is 49.4. The topological polar surface area (TPSA) is 146 Å². The third-order valence-electron chi connectivity index (χ3n) is 7.58. The number of ether oxygens (including phenoxy) is 4. The van der Waals surface area contributed by atoms with Gasteiger partial charge in [-0.15, -0.1) is 0 Å². The van der Waals surface area contributed by atoms with Crippen molar-refractivity contribution >= 4 is 23.9 Å². The molecule has 0 aromatic rings. The molecule has 2 fully saturated rings. The number of hydrogen-bond acceptors (Lipinski definition) is 10. The van der Waals surface area contributed by atoms with E-state index in [1.54, 1.807) is 13.0 Å². The van der Waals surface area contributed by atoms with Crippen LogP contribution in [0.5, 0.6) is 0 Å². The maximum Gasteiger partial charge on any atom is 0.312 e. The van der Waals surface area contributed by atoms with Gasteiger partial charge in [0.1, 0.15) is 18.3 Å². The van der Waals surface area contributed by atoms with Crippen LogP contribution >= 0.6 is 0 Å². The van der Waals surface area contributed by atoms with Crippen LogP contribution in [0.4, 0.5) is 0 Å². The minimum absolute atomic E-state index is 0.264. The van der Waals surface area contributed by atoms with Crippen molar-refractivity contribution in [2.45, 2.75) is 77.5 Å². The summed E-state index contributed by atoms with van der Waals surface area (Å²) in [6.45, 7) is 10.5. The van der Waals surface area contributed by atoms with Crippen LogP contribution in [-0.2, 0) is 38.1 Å². The highest BCUT2D eigenvalue weighted by Crippen LogP contribution is 2.55. The predicted octanol–water partition coefficient (Wildman–Crippen LogP) is 1.54. The van der Waals surface area contributed by atoms with E-state index < -0.39 is 77.8 Å². The Kier molecular flexibility index (Phi) is 7.80. The second kappa shape index (κ2) is 10.2. The van der Waals surface area contributed by atoms with Crippen molar-refractivity contribution < 1.29 is 48.3 Å². The Balaban J connectivity index is 2.39. The highest BCUT2D eigenvalue weighted by Gasteiger charge is 2.67. The average Bonchev–Trinajstić information content (AvgIpc) is 2.99. The lowest BCUT2D eigenvalue weighted by Gasteiger charge is -2.54. The Bertz CT molecular complexity index is 1010. The number of rotatable bonds is 4. The Morgan fingerprint density at radius 2 is 1.75 bits per heavy atom. The van der Waals surface area contributed by atoms with Gasteiger partial charge in [0.2, 0.25) is 0 Å². The molecular formula is C26H34O10. The zero-order valence-corrected chi connectivity index (χ0v) is 21.2. The van der Waals surface area contributed by atoms with Crippen molar-refractivity contribution in [3.05, 3.63) is 36.0 Å². The standard InChI is InChI=1S/C26H34O10/c1-13-7-9-19(33-15(3)28)25(6)20(34-16(4)29)10-8-18(12-27)11-21-26(32,14(2)24(31)36-21)23(22(13)25)35-17(5)30/h8,10-11,14,19-23,27,32H,1,7,9,12H2,2-6H3. The Labute approximate surface area is 209 Å². The van der Waals surface area contributed by atoms with Gasteiger partial charge < -0.3 is 29.2 Å². The second-order valence-corrected chi connectivity index (χ2v) is 9.92. The molecular weight excluding hydrogens is 472 g/mol. The first-order valence-electron chi connectivity index (χ1n) is 11.9. The Hall–Kier alpha value is -2.98. The predicted molar refractivity (Wildman–Crippen MR) is 125 cm³/mol. The molecule has 1 aliphatic heterocycles. The van der Waals surface area contributed by atoms with E-state index in [0.29, 0.717) is 18.4 Å². The quantitative estimate of drug-likeness (QED) is 0.327. The maximum atomic E-state index is 12.7. The minimum atomic E-state index is -2.08. The van der Waals surface area contributed by atoms with E-state index in [9.17, 15) is 29.4 Å². The molecule has 1 saturated carbocycles. The van der Waals surface area contributed by atoms with Gasteiger partial charge in [-0.1, -0.05) is 25.2 Å². The number of fused-ring (bicyclic) bond motifs is 2. The van der Waals surface area contributed by atoms with E-state index >= 15 is 0 Å². The zero-order valence-electron chi connectivity index (χ0n) is 21.2. The fourth-order valence-corrected chi connectivity index (χ4v) is 5.77. The summed E-state index contributed by atoms with van der Waals surface area (Å²) in [6, 6.07) is 0. The molecule has 198 valence electrons. The summed E-state index contributed by atoms with van der Waals surface area (Å²) in [5.74, 6) is -4.70. The van der Waals surface area contributed by atoms with Crippen molar-refractivity contribution in [2.75, 3.05) is 6.61 Å². The summed E-state index contributed by atoms with van der Waals surface area (Å²) in [6.07, 6.45) is 0.551. The van der Waals surface area contributed by atoms with Gasteiger partial charge in [-0.05, 0) is 37.5 Å². The second-order valence-electron chi connectivity index (χ2n) is 9.92. The summed E-state index contributed by atoms with van der Waals surface area (Å²) in [5, 5.41) is 22.1. The maximum absolute atomic E-state index is 12.7. The first-order chi connectivity index (χ1) is 16.8. The zero-order chi connectivity index (χ0) is 27.0. The first kappa shape index (κ1) is 27.6. The lowest BCUT2D eigenvalue weighted by atomic mass is 9.55. The van der Waals surface area contributed by atoms with Crippen molar-refractivity contribution in [3.8, 4) is 0 Å². The van der Waals surface area contributed by atoms with Gasteiger partial charge in [-0.2, -0.15) is 0 Å². The van der Waals surface area contributed by atoms with Crippen LogP contribution in [0, 0.1) is 17.3 Å². The van der Waals surface area contributed by atoms with Crippen LogP contribution < -0.4 is 0 Å². The molecule has 3 rings (SSSR count). The summed E-state index contributed by atoms with van der Waals surface area (Å²) < 4.78 is 22.7. The molecule has 2 N–H and O–H groups in total. The van der Waals surface area contributed by atoms with Gasteiger partial charge in [-0.25, -0.2) is 0 Å². The van der Waals surface area contributed by atoms with Crippen LogP contribution in [0.25, 0.3) is 0 Å². The third-order valence-corrected chi connectivity index (χ3v) is 7.58. The lowest BCUT2D eigenvalue weighted by molar-refractivity contribution is -0.214. The number of esters is 4. The molecule has 1 saturated heterocycles. The highest BCUT2D eigenvalue weighted by molar-refractivity contribution is 5.78. The molecule has 0 aromatic carbocycles. The Morgan fingerprint density at radius 1 is 1.14 bits per heavy atom. The summed E-state index contributed by atoms with van der Waals surface area (Å²) in [5.41, 5.74) is -2.56. The number of carbonyl (C=O) groups is 4. The fraction of sp³-hybridized carbons (Fsp3) is 0.615. The molecule has 1 heterocycles. The Morgan fingerprint density at radius 3 is 2.31 bits per heavy atom. The van der Waals surface area contributed by atoms with Crippen molar-refractivity contribution in [1.82, 2.24) is 0 Å². The average molecular weight is 507 g/mol. The molecule has 2 aliphatic carbocycles. The van der Waals surface area contributed by atoms with E-state index in [0.717, 1.165) is 0 Å². The molecule has 3 aliphatic rings. The van der Waals surface area contributed by atoms with Crippen LogP contribution in [0.1, 0.15) is 47.5 Å². The van der Waals surface area contributed by atoms with Crippen molar-refractivity contribution in [2.24, 2.45) is 17.3 Å². The van der Waals surface area contributed by atoms with E-state index in [-0.39, 0.29) is 5.57 Å². The molecule has 10 heteroatoms. The molecule has 36 heavy (non-hydrogen) atoms.